The van der Waals surface area contributed by atoms with Gasteiger partial charge in [0.15, 0.2) is 0 Å². The summed E-state index contributed by atoms with van der Waals surface area (Å²) < 4.78 is 37.0. The summed E-state index contributed by atoms with van der Waals surface area (Å²) in [6, 6.07) is 34.3. The second-order valence-corrected chi connectivity index (χ2v) is 24.3. The molecule has 0 heterocycles. The Balaban J connectivity index is 1.77. The fourth-order valence-corrected chi connectivity index (χ4v) is 15.8. The van der Waals surface area contributed by atoms with Crippen molar-refractivity contribution in [3.8, 4) is 0 Å². The van der Waals surface area contributed by atoms with Crippen molar-refractivity contribution in [2.45, 2.75) is 61.7 Å². The molecule has 0 aromatic heterocycles. The van der Waals surface area contributed by atoms with Crippen LogP contribution in [0.15, 0.2) is 91.0 Å². The van der Waals surface area contributed by atoms with Crippen LogP contribution in [0, 0.1) is 0 Å². The standard InChI is InChI=1S/C34H54O6Si4/c1-35-42(36-2,31-19-10-7-11-20-31)28-16-25-34(41,26-17-29-43(37-3,38-4)32-21-12-8-13-22-32)27-18-30-44(39-5,40-6)33-23-14-9-15-24-33/h7-15,19-24H,16-18,25-30H2,1-6,41H3. The molecule has 242 valence electrons. The molecule has 44 heavy (non-hydrogen) atoms. The first-order valence-electron chi connectivity index (χ1n) is 15.8. The number of rotatable bonds is 21. The van der Waals surface area contributed by atoms with Gasteiger partial charge in [0.2, 0.25) is 0 Å². The lowest BCUT2D eigenvalue weighted by Gasteiger charge is -2.35. The average molecular weight is 671 g/mol. The number of hydrogen-bond acceptors (Lipinski definition) is 6. The molecule has 0 aliphatic carbocycles. The zero-order valence-corrected chi connectivity index (χ0v) is 33.0. The summed E-state index contributed by atoms with van der Waals surface area (Å²) in [6.07, 6.45) is 6.64. The Morgan fingerprint density at radius 3 is 0.864 bits per heavy atom. The highest BCUT2D eigenvalue weighted by molar-refractivity contribution is 6.82. The van der Waals surface area contributed by atoms with Crippen LogP contribution in [0.4, 0.5) is 0 Å². The van der Waals surface area contributed by atoms with Crippen LogP contribution in [-0.2, 0) is 26.6 Å². The van der Waals surface area contributed by atoms with E-state index in [1.54, 1.807) is 0 Å². The zero-order valence-electron chi connectivity index (χ0n) is 28.0. The average Bonchev–Trinajstić information content (AvgIpc) is 3.09. The molecule has 0 atom stereocenters. The lowest BCUT2D eigenvalue weighted by Crippen LogP contribution is -2.52. The minimum absolute atomic E-state index is 0.259. The van der Waals surface area contributed by atoms with E-state index >= 15 is 0 Å². The van der Waals surface area contributed by atoms with Gasteiger partial charge < -0.3 is 26.6 Å². The molecule has 3 aromatic rings. The van der Waals surface area contributed by atoms with Crippen LogP contribution < -0.4 is 15.6 Å². The third-order valence-corrected chi connectivity index (χ3v) is 21.6. The van der Waals surface area contributed by atoms with E-state index in [2.05, 4.69) is 72.8 Å². The van der Waals surface area contributed by atoms with Crippen molar-refractivity contribution in [1.82, 2.24) is 0 Å². The Labute approximate surface area is 272 Å². The molecule has 0 unspecified atom stereocenters. The van der Waals surface area contributed by atoms with E-state index in [4.69, 9.17) is 26.6 Å². The summed E-state index contributed by atoms with van der Waals surface area (Å²) >= 11 is 0. The molecule has 10 heteroatoms. The van der Waals surface area contributed by atoms with Crippen molar-refractivity contribution in [1.29, 1.82) is 0 Å². The topological polar surface area (TPSA) is 55.4 Å². The second kappa shape index (κ2) is 17.8. The van der Waals surface area contributed by atoms with Crippen LogP contribution in [-0.4, -0.2) is 78.6 Å². The monoisotopic (exact) mass is 670 g/mol. The summed E-state index contributed by atoms with van der Waals surface area (Å²) in [5, 5.41) is 3.85. The molecule has 0 aliphatic rings. The van der Waals surface area contributed by atoms with Gasteiger partial charge >= 0.3 is 25.7 Å². The van der Waals surface area contributed by atoms with Gasteiger partial charge in [0, 0.05) is 52.9 Å². The highest BCUT2D eigenvalue weighted by Gasteiger charge is 2.41. The van der Waals surface area contributed by atoms with Crippen molar-refractivity contribution in [3.63, 3.8) is 0 Å². The fraction of sp³-hybridized carbons (Fsp3) is 0.471. The van der Waals surface area contributed by atoms with Crippen molar-refractivity contribution in [3.05, 3.63) is 91.0 Å². The summed E-state index contributed by atoms with van der Waals surface area (Å²) in [6.45, 7) is 0. The summed E-state index contributed by atoms with van der Waals surface area (Å²) in [7, 11) is 4.43. The molecule has 0 aliphatic heterocycles. The lowest BCUT2D eigenvalue weighted by atomic mass is 9.92. The fourth-order valence-electron chi connectivity index (χ4n) is 6.70. The maximum absolute atomic E-state index is 6.17. The van der Waals surface area contributed by atoms with Crippen molar-refractivity contribution in [2.24, 2.45) is 0 Å². The van der Waals surface area contributed by atoms with E-state index in [-0.39, 0.29) is 5.04 Å². The normalized spacial score (nSPS) is 13.0. The predicted molar refractivity (Wildman–Crippen MR) is 192 cm³/mol. The second-order valence-electron chi connectivity index (χ2n) is 12.0. The highest BCUT2D eigenvalue weighted by Crippen LogP contribution is 2.42. The molecule has 3 aromatic carbocycles. The minimum Gasteiger partial charge on any atom is -0.394 e. The Kier molecular flexibility index (Phi) is 14.9. The Hall–Kier alpha value is -1.71. The van der Waals surface area contributed by atoms with Crippen LogP contribution in [0.3, 0.4) is 0 Å². The third kappa shape index (κ3) is 9.18. The molecule has 0 saturated heterocycles. The molecule has 0 radical (unpaired) electrons. The molecule has 6 nitrogen and oxygen atoms in total. The van der Waals surface area contributed by atoms with Gasteiger partial charge in [-0.1, -0.05) is 130 Å². The van der Waals surface area contributed by atoms with Gasteiger partial charge in [0.1, 0.15) is 0 Å². The van der Waals surface area contributed by atoms with E-state index in [1.807, 2.05) is 60.9 Å². The molecule has 3 rings (SSSR count). The van der Waals surface area contributed by atoms with Crippen LogP contribution in [0.25, 0.3) is 0 Å². The van der Waals surface area contributed by atoms with Gasteiger partial charge in [-0.15, -0.1) is 0 Å². The van der Waals surface area contributed by atoms with Gasteiger partial charge in [-0.3, -0.25) is 0 Å². The van der Waals surface area contributed by atoms with E-state index in [0.717, 1.165) is 66.9 Å². The van der Waals surface area contributed by atoms with E-state index < -0.39 is 25.7 Å². The van der Waals surface area contributed by atoms with E-state index in [0.29, 0.717) is 0 Å². The molecule has 0 N–H and O–H groups in total. The van der Waals surface area contributed by atoms with Gasteiger partial charge in [-0.25, -0.2) is 0 Å². The molecule has 0 spiro atoms. The summed E-state index contributed by atoms with van der Waals surface area (Å²) in [5.41, 5.74) is 0. The predicted octanol–water partition coefficient (Wildman–Crippen LogP) is 4.78. The SMILES string of the molecule is CO[Si](CCCC([SiH3])(CCC[Si](OC)(OC)c1ccccc1)CCC[Si](OC)(OC)c1ccccc1)(OC)c1ccccc1. The van der Waals surface area contributed by atoms with Crippen molar-refractivity contribution in [2.75, 3.05) is 42.7 Å². The van der Waals surface area contributed by atoms with Crippen molar-refractivity contribution < 1.29 is 26.6 Å². The quantitative estimate of drug-likeness (QED) is 0.152. The molecular formula is C34H54O6Si4. The molecular weight excluding hydrogens is 617 g/mol. The van der Waals surface area contributed by atoms with Gasteiger partial charge in [0.05, 0.1) is 0 Å². The Bertz CT molecular complexity index is 1040. The number of hydrogen-bond donors (Lipinski definition) is 0. The highest BCUT2D eigenvalue weighted by atomic mass is 28.4. The lowest BCUT2D eigenvalue weighted by molar-refractivity contribution is 0.250. The first-order valence-corrected chi connectivity index (χ1v) is 22.8. The first-order chi connectivity index (χ1) is 21.3. The smallest absolute Gasteiger partial charge is 0.371 e. The maximum Gasteiger partial charge on any atom is 0.371 e. The molecule has 0 fully saturated rings. The molecule has 0 amide bonds. The maximum atomic E-state index is 6.17. The van der Waals surface area contributed by atoms with Gasteiger partial charge in [-0.05, 0) is 38.7 Å². The summed E-state index contributed by atoms with van der Waals surface area (Å²) in [5.74, 6) is 0. The zero-order chi connectivity index (χ0) is 31.9. The molecule has 0 bridgehead atoms. The first kappa shape index (κ1) is 36.8. The molecule has 0 saturated carbocycles. The van der Waals surface area contributed by atoms with E-state index in [1.165, 1.54) is 15.6 Å². The van der Waals surface area contributed by atoms with E-state index in [9.17, 15) is 0 Å². The Morgan fingerprint density at radius 1 is 0.432 bits per heavy atom. The van der Waals surface area contributed by atoms with Gasteiger partial charge in [-0.2, -0.15) is 0 Å². The van der Waals surface area contributed by atoms with Crippen LogP contribution >= 0.6 is 0 Å². The van der Waals surface area contributed by atoms with Crippen LogP contribution in [0.1, 0.15) is 38.5 Å². The van der Waals surface area contributed by atoms with Crippen LogP contribution in [0.5, 0.6) is 0 Å². The van der Waals surface area contributed by atoms with Crippen LogP contribution in [0.2, 0.25) is 23.2 Å². The summed E-state index contributed by atoms with van der Waals surface area (Å²) in [4.78, 5) is 0. The minimum atomic E-state index is -2.50. The largest absolute Gasteiger partial charge is 0.394 e. The van der Waals surface area contributed by atoms with Gasteiger partial charge in [0.25, 0.3) is 0 Å². The Morgan fingerprint density at radius 2 is 0.659 bits per heavy atom. The third-order valence-electron chi connectivity index (χ3n) is 9.48. The van der Waals surface area contributed by atoms with Crippen molar-refractivity contribution >= 4 is 51.5 Å². The number of benzene rings is 3.